The SMILES string of the molecule is O=C(Nc1ccccc1F)N1CCC2(C1)C(=O)Nc1ccccc12. The number of nitrogens with zero attached hydrogens (tertiary/aromatic N) is 1. The maximum absolute atomic E-state index is 13.7. The van der Waals surface area contributed by atoms with Gasteiger partial charge in [-0.25, -0.2) is 9.18 Å². The van der Waals surface area contributed by atoms with Crippen molar-refractivity contribution in [2.75, 3.05) is 23.7 Å². The third-order valence-corrected chi connectivity index (χ3v) is 4.80. The van der Waals surface area contributed by atoms with Crippen molar-refractivity contribution in [3.63, 3.8) is 0 Å². The molecule has 0 aromatic heterocycles. The molecule has 2 N–H and O–H groups in total. The Balaban J connectivity index is 1.56. The molecule has 1 unspecified atom stereocenters. The van der Waals surface area contributed by atoms with Crippen molar-refractivity contribution >= 4 is 23.3 Å². The van der Waals surface area contributed by atoms with E-state index in [1.807, 2.05) is 24.3 Å². The molecule has 2 heterocycles. The van der Waals surface area contributed by atoms with Gasteiger partial charge in [-0.2, -0.15) is 0 Å². The number of carbonyl (C=O) groups excluding carboxylic acids is 2. The molecule has 1 spiro atoms. The van der Waals surface area contributed by atoms with E-state index in [0.29, 0.717) is 13.0 Å². The topological polar surface area (TPSA) is 61.4 Å². The first-order valence-electron chi connectivity index (χ1n) is 7.82. The standard InChI is InChI=1S/C18H16FN3O2/c19-13-6-2-4-8-15(13)21-17(24)22-10-9-18(11-22)12-5-1-3-7-14(12)20-16(18)23/h1-8H,9-11H2,(H,20,23)(H,21,24). The van der Waals surface area contributed by atoms with Crippen LogP contribution >= 0.6 is 0 Å². The second-order valence-corrected chi connectivity index (χ2v) is 6.16. The predicted octanol–water partition coefficient (Wildman–Crippen LogP) is 2.95. The summed E-state index contributed by atoms with van der Waals surface area (Å²) in [4.78, 5) is 26.5. The highest BCUT2D eigenvalue weighted by Gasteiger charge is 2.51. The average Bonchev–Trinajstić information content (AvgIpc) is 3.14. The summed E-state index contributed by atoms with van der Waals surface area (Å²) in [6, 6.07) is 13.2. The molecule has 0 radical (unpaired) electrons. The van der Waals surface area contributed by atoms with Gasteiger partial charge in [-0.15, -0.1) is 0 Å². The van der Waals surface area contributed by atoms with Crippen LogP contribution in [0.15, 0.2) is 48.5 Å². The van der Waals surface area contributed by atoms with Crippen LogP contribution in [0.25, 0.3) is 0 Å². The summed E-state index contributed by atoms with van der Waals surface area (Å²) in [6.07, 6.45) is 0.556. The lowest BCUT2D eigenvalue weighted by molar-refractivity contribution is -0.120. The summed E-state index contributed by atoms with van der Waals surface area (Å²) < 4.78 is 13.7. The number of hydrogen-bond donors (Lipinski definition) is 2. The number of amides is 3. The fourth-order valence-electron chi connectivity index (χ4n) is 3.52. The summed E-state index contributed by atoms with van der Waals surface area (Å²) in [6.45, 7) is 0.734. The van der Waals surface area contributed by atoms with Crippen molar-refractivity contribution in [1.82, 2.24) is 4.90 Å². The van der Waals surface area contributed by atoms with Gasteiger partial charge in [0.2, 0.25) is 5.91 Å². The van der Waals surface area contributed by atoms with Gasteiger partial charge in [0.15, 0.2) is 0 Å². The molecule has 2 aromatic carbocycles. The number of benzene rings is 2. The maximum Gasteiger partial charge on any atom is 0.321 e. The van der Waals surface area contributed by atoms with E-state index in [4.69, 9.17) is 0 Å². The molecule has 6 heteroatoms. The minimum atomic E-state index is -0.705. The molecule has 5 nitrogen and oxygen atoms in total. The van der Waals surface area contributed by atoms with E-state index in [1.54, 1.807) is 17.0 Å². The number of hydrogen-bond acceptors (Lipinski definition) is 2. The van der Waals surface area contributed by atoms with E-state index in [0.717, 1.165) is 11.3 Å². The minimum absolute atomic E-state index is 0.0788. The molecule has 24 heavy (non-hydrogen) atoms. The van der Waals surface area contributed by atoms with E-state index < -0.39 is 17.3 Å². The van der Waals surface area contributed by atoms with Gasteiger partial charge < -0.3 is 15.5 Å². The zero-order chi connectivity index (χ0) is 16.7. The number of halogens is 1. The van der Waals surface area contributed by atoms with Gasteiger partial charge in [-0.3, -0.25) is 4.79 Å². The smallest absolute Gasteiger partial charge is 0.321 e. The number of fused-ring (bicyclic) bond motifs is 2. The van der Waals surface area contributed by atoms with Crippen LogP contribution in [0.4, 0.5) is 20.6 Å². The number of likely N-dealkylation sites (tertiary alicyclic amines) is 1. The van der Waals surface area contributed by atoms with Crippen molar-refractivity contribution in [3.8, 4) is 0 Å². The van der Waals surface area contributed by atoms with Crippen LogP contribution in [0.3, 0.4) is 0 Å². The fourth-order valence-corrected chi connectivity index (χ4v) is 3.52. The third kappa shape index (κ3) is 2.14. The Kier molecular flexibility index (Phi) is 3.26. The van der Waals surface area contributed by atoms with Crippen LogP contribution in [-0.2, 0) is 10.2 Å². The van der Waals surface area contributed by atoms with Crippen LogP contribution in [0.2, 0.25) is 0 Å². The molecule has 2 aromatic rings. The Hall–Kier alpha value is -2.89. The molecular weight excluding hydrogens is 309 g/mol. The highest BCUT2D eigenvalue weighted by molar-refractivity contribution is 6.07. The Labute approximate surface area is 138 Å². The summed E-state index contributed by atoms with van der Waals surface area (Å²) in [7, 11) is 0. The molecule has 2 aliphatic heterocycles. The first-order chi connectivity index (χ1) is 11.6. The Bertz CT molecular complexity index is 839. The summed E-state index contributed by atoms with van der Waals surface area (Å²) in [5, 5.41) is 5.47. The predicted molar refractivity (Wildman–Crippen MR) is 88.4 cm³/mol. The first kappa shape index (κ1) is 14.7. The second kappa shape index (κ2) is 5.33. The van der Waals surface area contributed by atoms with Crippen LogP contribution in [0.5, 0.6) is 0 Å². The van der Waals surface area contributed by atoms with Crippen molar-refractivity contribution in [3.05, 3.63) is 59.9 Å². The van der Waals surface area contributed by atoms with Gasteiger partial charge in [0.1, 0.15) is 5.82 Å². The first-order valence-corrected chi connectivity index (χ1v) is 7.82. The average molecular weight is 325 g/mol. The highest BCUT2D eigenvalue weighted by Crippen LogP contribution is 2.44. The summed E-state index contributed by atoms with van der Waals surface area (Å²) >= 11 is 0. The zero-order valence-corrected chi connectivity index (χ0v) is 12.9. The Morgan fingerprint density at radius 1 is 1.17 bits per heavy atom. The van der Waals surface area contributed by atoms with Crippen LogP contribution in [0, 0.1) is 5.82 Å². The molecule has 3 amide bonds. The fraction of sp³-hybridized carbons (Fsp3) is 0.222. The minimum Gasteiger partial charge on any atom is -0.325 e. The number of para-hydroxylation sites is 2. The van der Waals surface area contributed by atoms with E-state index in [-0.39, 0.29) is 18.1 Å². The molecule has 4 rings (SSSR count). The van der Waals surface area contributed by atoms with Gasteiger partial charge in [-0.1, -0.05) is 30.3 Å². The molecule has 1 atom stereocenters. The van der Waals surface area contributed by atoms with Crippen LogP contribution in [-0.4, -0.2) is 29.9 Å². The summed E-state index contributed by atoms with van der Waals surface area (Å²) in [5.74, 6) is -0.561. The van der Waals surface area contributed by atoms with Crippen LogP contribution in [0.1, 0.15) is 12.0 Å². The monoisotopic (exact) mass is 325 g/mol. The quantitative estimate of drug-likeness (QED) is 0.847. The highest BCUT2D eigenvalue weighted by atomic mass is 19.1. The Morgan fingerprint density at radius 3 is 2.75 bits per heavy atom. The molecule has 0 saturated carbocycles. The second-order valence-electron chi connectivity index (χ2n) is 6.16. The number of nitrogens with one attached hydrogen (secondary N) is 2. The molecule has 1 saturated heterocycles. The van der Waals surface area contributed by atoms with Gasteiger partial charge >= 0.3 is 6.03 Å². The lowest BCUT2D eigenvalue weighted by Crippen LogP contribution is -2.40. The van der Waals surface area contributed by atoms with Crippen molar-refractivity contribution < 1.29 is 14.0 Å². The van der Waals surface area contributed by atoms with E-state index >= 15 is 0 Å². The number of carbonyl (C=O) groups is 2. The lowest BCUT2D eigenvalue weighted by atomic mass is 9.81. The van der Waals surface area contributed by atoms with Crippen molar-refractivity contribution in [2.24, 2.45) is 0 Å². The molecule has 0 bridgehead atoms. The normalized spacial score (nSPS) is 21.7. The molecule has 1 fully saturated rings. The third-order valence-electron chi connectivity index (χ3n) is 4.80. The largest absolute Gasteiger partial charge is 0.325 e. The maximum atomic E-state index is 13.7. The van der Waals surface area contributed by atoms with Crippen molar-refractivity contribution in [2.45, 2.75) is 11.8 Å². The van der Waals surface area contributed by atoms with Gasteiger partial charge in [0, 0.05) is 18.8 Å². The summed E-state index contributed by atoms with van der Waals surface area (Å²) in [5.41, 5.74) is 1.16. The van der Waals surface area contributed by atoms with Crippen molar-refractivity contribution in [1.29, 1.82) is 0 Å². The number of rotatable bonds is 1. The van der Waals surface area contributed by atoms with Gasteiger partial charge in [-0.05, 0) is 30.2 Å². The van der Waals surface area contributed by atoms with Gasteiger partial charge in [0.05, 0.1) is 11.1 Å². The number of urea groups is 1. The van der Waals surface area contributed by atoms with Crippen LogP contribution < -0.4 is 10.6 Å². The number of anilines is 2. The van der Waals surface area contributed by atoms with E-state index in [9.17, 15) is 14.0 Å². The lowest BCUT2D eigenvalue weighted by Gasteiger charge is -2.22. The zero-order valence-electron chi connectivity index (χ0n) is 12.9. The van der Waals surface area contributed by atoms with Gasteiger partial charge in [0.25, 0.3) is 0 Å². The molecular formula is C18H16FN3O2. The Morgan fingerprint density at radius 2 is 1.92 bits per heavy atom. The van der Waals surface area contributed by atoms with E-state index in [1.165, 1.54) is 12.1 Å². The molecule has 2 aliphatic rings. The van der Waals surface area contributed by atoms with E-state index in [2.05, 4.69) is 10.6 Å². The molecule has 0 aliphatic carbocycles. The molecule has 122 valence electrons.